The molecule has 13 heavy (non-hydrogen) atoms. The van der Waals surface area contributed by atoms with Crippen LogP contribution in [0.15, 0.2) is 11.8 Å². The number of carbonyl (C=O) groups is 1. The van der Waals surface area contributed by atoms with Crippen molar-refractivity contribution in [2.45, 2.75) is 44.7 Å². The standard InChI is InChI=1S/C10H16N2O/c1-10(2)9(13)11-7-5-3-4-6-8(7)12-10/h5,8,12H,3-4,6H2,1-2H3,(H,11,13)/t8-/m1/s1. The second-order valence-corrected chi connectivity index (χ2v) is 4.37. The quantitative estimate of drug-likeness (QED) is 0.582. The summed E-state index contributed by atoms with van der Waals surface area (Å²) in [5, 5.41) is 6.33. The van der Waals surface area contributed by atoms with E-state index in [0.717, 1.165) is 18.5 Å². The molecule has 0 unspecified atom stereocenters. The third kappa shape index (κ3) is 1.48. The van der Waals surface area contributed by atoms with E-state index in [-0.39, 0.29) is 5.91 Å². The molecule has 0 aromatic rings. The van der Waals surface area contributed by atoms with Crippen LogP contribution in [0, 0.1) is 0 Å². The van der Waals surface area contributed by atoms with E-state index in [1.165, 1.54) is 6.42 Å². The van der Waals surface area contributed by atoms with E-state index in [4.69, 9.17) is 0 Å². The normalized spacial score (nSPS) is 31.7. The van der Waals surface area contributed by atoms with Crippen molar-refractivity contribution in [3.05, 3.63) is 11.8 Å². The molecule has 3 heteroatoms. The lowest BCUT2D eigenvalue weighted by Crippen LogP contribution is -2.63. The summed E-state index contributed by atoms with van der Waals surface area (Å²) < 4.78 is 0. The van der Waals surface area contributed by atoms with Crippen molar-refractivity contribution >= 4 is 5.91 Å². The van der Waals surface area contributed by atoms with Crippen molar-refractivity contribution in [2.24, 2.45) is 0 Å². The molecule has 0 aromatic heterocycles. The van der Waals surface area contributed by atoms with Crippen LogP contribution in [-0.4, -0.2) is 17.5 Å². The van der Waals surface area contributed by atoms with Crippen LogP contribution in [0.4, 0.5) is 0 Å². The lowest BCUT2D eigenvalue weighted by molar-refractivity contribution is -0.127. The van der Waals surface area contributed by atoms with Gasteiger partial charge in [0, 0.05) is 11.7 Å². The van der Waals surface area contributed by atoms with Crippen LogP contribution in [0.5, 0.6) is 0 Å². The summed E-state index contributed by atoms with van der Waals surface area (Å²) in [7, 11) is 0. The summed E-state index contributed by atoms with van der Waals surface area (Å²) in [6.07, 6.45) is 5.57. The van der Waals surface area contributed by atoms with Crippen molar-refractivity contribution in [3.63, 3.8) is 0 Å². The maximum absolute atomic E-state index is 11.6. The van der Waals surface area contributed by atoms with E-state index in [9.17, 15) is 4.79 Å². The second-order valence-electron chi connectivity index (χ2n) is 4.37. The Bertz CT molecular complexity index is 268. The molecular formula is C10H16N2O. The Morgan fingerprint density at radius 3 is 3.08 bits per heavy atom. The second kappa shape index (κ2) is 2.84. The predicted octanol–water partition coefficient (Wildman–Crippen LogP) is 0.921. The fourth-order valence-corrected chi connectivity index (χ4v) is 1.95. The molecule has 1 heterocycles. The Kier molecular flexibility index (Phi) is 1.91. The third-order valence-electron chi connectivity index (χ3n) is 2.80. The van der Waals surface area contributed by atoms with Gasteiger partial charge in [0.05, 0.1) is 5.54 Å². The largest absolute Gasteiger partial charge is 0.327 e. The molecular weight excluding hydrogens is 164 g/mol. The molecule has 72 valence electrons. The van der Waals surface area contributed by atoms with Gasteiger partial charge in [0.15, 0.2) is 0 Å². The fraction of sp³-hybridized carbons (Fsp3) is 0.700. The molecule has 3 nitrogen and oxygen atoms in total. The van der Waals surface area contributed by atoms with E-state index in [1.54, 1.807) is 0 Å². The monoisotopic (exact) mass is 180 g/mol. The lowest BCUT2D eigenvalue weighted by atomic mass is 9.91. The lowest BCUT2D eigenvalue weighted by Gasteiger charge is -2.39. The number of hydrogen-bond acceptors (Lipinski definition) is 2. The zero-order chi connectivity index (χ0) is 9.47. The summed E-state index contributed by atoms with van der Waals surface area (Å²) in [6.45, 7) is 3.85. The molecule has 1 aliphatic heterocycles. The Hall–Kier alpha value is -0.830. The molecule has 1 fully saturated rings. The molecule has 2 rings (SSSR count). The third-order valence-corrected chi connectivity index (χ3v) is 2.80. The number of carbonyl (C=O) groups excluding carboxylic acids is 1. The molecule has 2 N–H and O–H groups in total. The number of hydrogen-bond donors (Lipinski definition) is 2. The molecule has 1 amide bonds. The van der Waals surface area contributed by atoms with Crippen molar-refractivity contribution in [1.29, 1.82) is 0 Å². The van der Waals surface area contributed by atoms with E-state index >= 15 is 0 Å². The fourth-order valence-electron chi connectivity index (χ4n) is 1.95. The molecule has 0 saturated carbocycles. The van der Waals surface area contributed by atoms with Gasteiger partial charge in [-0.25, -0.2) is 0 Å². The van der Waals surface area contributed by atoms with Crippen molar-refractivity contribution < 1.29 is 4.79 Å². The molecule has 1 saturated heterocycles. The number of rotatable bonds is 0. The zero-order valence-electron chi connectivity index (χ0n) is 8.18. The van der Waals surface area contributed by atoms with E-state index in [1.807, 2.05) is 13.8 Å². The van der Waals surface area contributed by atoms with Crippen LogP contribution in [0.1, 0.15) is 33.1 Å². The number of amides is 1. The van der Waals surface area contributed by atoms with Gasteiger partial charge in [0.25, 0.3) is 0 Å². The van der Waals surface area contributed by atoms with E-state index in [0.29, 0.717) is 6.04 Å². The van der Waals surface area contributed by atoms with Gasteiger partial charge in [-0.2, -0.15) is 0 Å². The highest BCUT2D eigenvalue weighted by molar-refractivity contribution is 5.88. The number of fused-ring (bicyclic) bond motifs is 1. The van der Waals surface area contributed by atoms with Crippen LogP contribution >= 0.6 is 0 Å². The first-order valence-corrected chi connectivity index (χ1v) is 4.89. The Balaban J connectivity index is 2.21. The predicted molar refractivity (Wildman–Crippen MR) is 51.1 cm³/mol. The van der Waals surface area contributed by atoms with E-state index < -0.39 is 5.54 Å². The molecule has 0 aromatic carbocycles. The van der Waals surface area contributed by atoms with Gasteiger partial charge in [-0.3, -0.25) is 10.1 Å². The van der Waals surface area contributed by atoms with Gasteiger partial charge in [0.1, 0.15) is 0 Å². The highest BCUT2D eigenvalue weighted by Gasteiger charge is 2.37. The van der Waals surface area contributed by atoms with Crippen molar-refractivity contribution in [3.8, 4) is 0 Å². The smallest absolute Gasteiger partial charge is 0.243 e. The SMILES string of the molecule is CC1(C)N[C@@H]2CCCC=C2NC1=O. The minimum Gasteiger partial charge on any atom is -0.327 e. The van der Waals surface area contributed by atoms with E-state index in [2.05, 4.69) is 16.7 Å². The first-order valence-electron chi connectivity index (χ1n) is 4.89. The van der Waals surface area contributed by atoms with Gasteiger partial charge >= 0.3 is 0 Å². The average Bonchev–Trinajstić information content (AvgIpc) is 2.06. The summed E-state index contributed by atoms with van der Waals surface area (Å²) in [5.74, 6) is 0.0805. The van der Waals surface area contributed by atoms with Crippen LogP contribution in [-0.2, 0) is 4.79 Å². The van der Waals surface area contributed by atoms with Gasteiger partial charge in [-0.15, -0.1) is 0 Å². The summed E-state index contributed by atoms with van der Waals surface area (Å²) in [4.78, 5) is 11.6. The highest BCUT2D eigenvalue weighted by atomic mass is 16.2. The van der Waals surface area contributed by atoms with Gasteiger partial charge < -0.3 is 5.32 Å². The van der Waals surface area contributed by atoms with Crippen LogP contribution in [0.3, 0.4) is 0 Å². The van der Waals surface area contributed by atoms with Gasteiger partial charge in [0.2, 0.25) is 5.91 Å². The summed E-state index contributed by atoms with van der Waals surface area (Å²) in [5.41, 5.74) is 0.662. The van der Waals surface area contributed by atoms with Gasteiger partial charge in [-0.05, 0) is 33.1 Å². The van der Waals surface area contributed by atoms with Gasteiger partial charge in [-0.1, -0.05) is 6.08 Å². The molecule has 0 bridgehead atoms. The minimum absolute atomic E-state index is 0.0805. The minimum atomic E-state index is -0.417. The van der Waals surface area contributed by atoms with Crippen LogP contribution in [0.2, 0.25) is 0 Å². The first-order chi connectivity index (χ1) is 6.09. The Morgan fingerprint density at radius 1 is 1.54 bits per heavy atom. The molecule has 2 aliphatic rings. The highest BCUT2D eigenvalue weighted by Crippen LogP contribution is 2.23. The first kappa shape index (κ1) is 8.75. The van der Waals surface area contributed by atoms with Crippen LogP contribution < -0.4 is 10.6 Å². The number of piperazine rings is 1. The average molecular weight is 180 g/mol. The Labute approximate surface area is 78.6 Å². The molecule has 0 spiro atoms. The summed E-state index contributed by atoms with van der Waals surface area (Å²) >= 11 is 0. The number of allylic oxidation sites excluding steroid dienone is 1. The zero-order valence-corrected chi connectivity index (χ0v) is 8.18. The van der Waals surface area contributed by atoms with Crippen molar-refractivity contribution in [2.75, 3.05) is 0 Å². The van der Waals surface area contributed by atoms with Crippen LogP contribution in [0.25, 0.3) is 0 Å². The summed E-state index contributed by atoms with van der Waals surface area (Å²) in [6, 6.07) is 0.362. The maximum atomic E-state index is 11.6. The Morgan fingerprint density at radius 2 is 2.31 bits per heavy atom. The van der Waals surface area contributed by atoms with Crippen molar-refractivity contribution in [1.82, 2.24) is 10.6 Å². The molecule has 0 radical (unpaired) electrons. The maximum Gasteiger partial charge on any atom is 0.243 e. The molecule has 1 atom stereocenters. The number of nitrogens with one attached hydrogen (secondary N) is 2. The topological polar surface area (TPSA) is 41.1 Å². The molecule has 1 aliphatic carbocycles.